The van der Waals surface area contributed by atoms with Crippen LogP contribution in [0.3, 0.4) is 0 Å². The van der Waals surface area contributed by atoms with Gasteiger partial charge in [-0.05, 0) is 53.4 Å². The average Bonchev–Trinajstić information content (AvgIpc) is 3.59. The maximum atomic E-state index is 6.64. The molecule has 0 spiro atoms. The minimum absolute atomic E-state index is 0.418. The van der Waals surface area contributed by atoms with Gasteiger partial charge in [0.2, 0.25) is 0 Å². The Morgan fingerprint density at radius 3 is 1.64 bits per heavy atom. The van der Waals surface area contributed by atoms with Crippen LogP contribution in [0.1, 0.15) is 16.7 Å². The molecule has 0 saturated carbocycles. The van der Waals surface area contributed by atoms with Gasteiger partial charge in [-0.15, -0.1) is 0 Å². The second kappa shape index (κ2) is 13.9. The molecule has 8 aromatic carbocycles. The van der Waals surface area contributed by atoms with Crippen LogP contribution in [0.25, 0.3) is 43.5 Å². The molecule has 0 saturated heterocycles. The van der Waals surface area contributed by atoms with E-state index in [1.807, 2.05) is 60.7 Å². The first kappa shape index (κ1) is 31.8. The Balaban J connectivity index is 1.13. The van der Waals surface area contributed by atoms with Gasteiger partial charge in [0, 0.05) is 44.4 Å². The predicted molar refractivity (Wildman–Crippen MR) is 223 cm³/mol. The minimum atomic E-state index is 0.418. The van der Waals surface area contributed by atoms with Gasteiger partial charge in [-0.25, -0.2) is 9.98 Å². The maximum Gasteiger partial charge on any atom is 0.161 e. The molecule has 5 nitrogen and oxygen atoms in total. The van der Waals surface area contributed by atoms with Gasteiger partial charge in [0.1, 0.15) is 11.2 Å². The summed E-state index contributed by atoms with van der Waals surface area (Å²) < 4.78 is 6.64. The lowest BCUT2D eigenvalue weighted by Crippen LogP contribution is -2.11. The third-order valence-corrected chi connectivity index (χ3v) is 9.63. The number of hydrogen-bond acceptors (Lipinski definition) is 3. The molecular formula is C48H34N4O. The highest BCUT2D eigenvalue weighted by atomic mass is 16.3. The molecule has 0 bridgehead atoms. The summed E-state index contributed by atoms with van der Waals surface area (Å²) in [5.41, 5.74) is 7.67. The summed E-state index contributed by atoms with van der Waals surface area (Å²) >= 11 is 0. The van der Waals surface area contributed by atoms with Crippen molar-refractivity contribution in [2.24, 2.45) is 15.0 Å². The van der Waals surface area contributed by atoms with E-state index in [4.69, 9.17) is 14.4 Å². The zero-order chi connectivity index (χ0) is 35.6. The summed E-state index contributed by atoms with van der Waals surface area (Å²) in [6.07, 6.45) is 0. The quantitative estimate of drug-likeness (QED) is 0.124. The van der Waals surface area contributed by atoms with Crippen LogP contribution in [0.5, 0.6) is 0 Å². The van der Waals surface area contributed by atoms with E-state index in [1.54, 1.807) is 0 Å². The van der Waals surface area contributed by atoms with Crippen molar-refractivity contribution in [3.63, 3.8) is 0 Å². The number of anilines is 3. The standard InChI is InChI=1S/C48H34N4O/c1-49-47(36-16-4-2-5-17-36)51-48(37-18-6-3-7-19-37)50-32-33-26-28-41-42-29-27-38(31-46(42)53-45(41)30-33)52(43-24-12-20-34-14-8-10-22-39(34)43)44-25-13-21-35-15-9-11-23-40(35)44/h2-31H,1,32H2/b50-48-,51-47-. The molecule has 0 atom stereocenters. The fourth-order valence-electron chi connectivity index (χ4n) is 7.09. The Hall–Kier alpha value is -7.11. The van der Waals surface area contributed by atoms with Gasteiger partial charge in [0.25, 0.3) is 0 Å². The molecule has 9 rings (SSSR count). The van der Waals surface area contributed by atoms with Gasteiger partial charge in [0.15, 0.2) is 11.7 Å². The van der Waals surface area contributed by atoms with Crippen molar-refractivity contribution in [1.82, 2.24) is 0 Å². The molecule has 0 aliphatic rings. The zero-order valence-electron chi connectivity index (χ0n) is 28.9. The fourth-order valence-corrected chi connectivity index (χ4v) is 7.09. The summed E-state index contributed by atoms with van der Waals surface area (Å²) in [7, 11) is 0. The molecule has 0 amide bonds. The maximum absolute atomic E-state index is 6.64. The number of rotatable bonds is 7. The van der Waals surface area contributed by atoms with E-state index < -0.39 is 0 Å². The Labute approximate surface area is 307 Å². The first-order valence-electron chi connectivity index (χ1n) is 17.6. The lowest BCUT2D eigenvalue weighted by Gasteiger charge is -2.28. The highest BCUT2D eigenvalue weighted by Crippen LogP contribution is 2.43. The molecule has 53 heavy (non-hydrogen) atoms. The van der Waals surface area contributed by atoms with Gasteiger partial charge in [-0.1, -0.05) is 146 Å². The van der Waals surface area contributed by atoms with Crippen LogP contribution >= 0.6 is 0 Å². The van der Waals surface area contributed by atoms with Crippen molar-refractivity contribution in [2.75, 3.05) is 4.90 Å². The summed E-state index contributed by atoms with van der Waals surface area (Å²) in [5.74, 6) is 1.12. The van der Waals surface area contributed by atoms with Gasteiger partial charge in [0.05, 0.1) is 17.9 Å². The van der Waals surface area contributed by atoms with Crippen molar-refractivity contribution in [2.45, 2.75) is 6.54 Å². The van der Waals surface area contributed by atoms with E-state index >= 15 is 0 Å². The smallest absolute Gasteiger partial charge is 0.161 e. The molecule has 0 N–H and O–H groups in total. The van der Waals surface area contributed by atoms with E-state index in [9.17, 15) is 0 Å². The summed E-state index contributed by atoms with van der Waals surface area (Å²) in [6.45, 7) is 4.20. The number of fused-ring (bicyclic) bond motifs is 5. The lowest BCUT2D eigenvalue weighted by molar-refractivity contribution is 0.668. The lowest BCUT2D eigenvalue weighted by atomic mass is 10.0. The second-order valence-electron chi connectivity index (χ2n) is 12.9. The Bertz CT molecular complexity index is 2750. The largest absolute Gasteiger partial charge is 0.456 e. The van der Waals surface area contributed by atoms with Crippen LogP contribution < -0.4 is 4.90 Å². The van der Waals surface area contributed by atoms with Gasteiger partial charge in [-0.3, -0.25) is 4.99 Å². The molecule has 5 heteroatoms. The molecule has 0 unspecified atom stereocenters. The summed E-state index contributed by atoms with van der Waals surface area (Å²) in [4.78, 5) is 16.4. The normalized spacial score (nSPS) is 12.2. The SMILES string of the molecule is C=N/C(=N\C(=N/Cc1ccc2c(c1)oc1cc(N(c3cccc4ccccc34)c3cccc4ccccc34)ccc12)c1ccccc1)c1ccccc1. The van der Waals surface area contributed by atoms with Gasteiger partial charge >= 0.3 is 0 Å². The van der Waals surface area contributed by atoms with Crippen molar-refractivity contribution in [3.8, 4) is 0 Å². The third kappa shape index (κ3) is 6.15. The molecule has 9 aromatic rings. The molecule has 0 aliphatic carbocycles. The number of nitrogens with zero attached hydrogens (tertiary/aromatic N) is 4. The molecule has 1 heterocycles. The number of benzene rings is 8. The number of furan rings is 1. The highest BCUT2D eigenvalue weighted by molar-refractivity contribution is 6.13. The predicted octanol–water partition coefficient (Wildman–Crippen LogP) is 12.5. The Kier molecular flexibility index (Phi) is 8.35. The van der Waals surface area contributed by atoms with E-state index in [-0.39, 0.29) is 0 Å². The van der Waals surface area contributed by atoms with Crippen molar-refractivity contribution in [1.29, 1.82) is 0 Å². The zero-order valence-corrected chi connectivity index (χ0v) is 28.9. The van der Waals surface area contributed by atoms with Crippen molar-refractivity contribution < 1.29 is 4.42 Å². The molecule has 0 radical (unpaired) electrons. The number of aliphatic imine (C=N–C) groups is 3. The van der Waals surface area contributed by atoms with Crippen LogP contribution in [0.4, 0.5) is 17.1 Å². The van der Waals surface area contributed by atoms with Crippen molar-refractivity contribution >= 4 is 78.9 Å². The van der Waals surface area contributed by atoms with E-state index in [0.717, 1.165) is 55.7 Å². The molecule has 0 aliphatic heterocycles. The first-order chi connectivity index (χ1) is 26.2. The highest BCUT2D eigenvalue weighted by Gasteiger charge is 2.19. The molecular weight excluding hydrogens is 649 g/mol. The van der Waals surface area contributed by atoms with E-state index in [0.29, 0.717) is 18.2 Å². The molecule has 252 valence electrons. The van der Waals surface area contributed by atoms with E-state index in [2.05, 4.69) is 138 Å². The summed E-state index contributed by atoms with van der Waals surface area (Å²) in [6, 6.07) is 62.7. The molecule has 0 fully saturated rings. The van der Waals surface area contributed by atoms with Crippen LogP contribution in [0.15, 0.2) is 201 Å². The average molecular weight is 683 g/mol. The Morgan fingerprint density at radius 2 is 1.02 bits per heavy atom. The number of amidine groups is 2. The minimum Gasteiger partial charge on any atom is -0.456 e. The first-order valence-corrected chi connectivity index (χ1v) is 17.6. The fraction of sp³-hybridized carbons (Fsp3) is 0.0208. The Morgan fingerprint density at radius 1 is 0.491 bits per heavy atom. The van der Waals surface area contributed by atoms with Crippen LogP contribution in [0, 0.1) is 0 Å². The third-order valence-electron chi connectivity index (χ3n) is 9.63. The van der Waals surface area contributed by atoms with Crippen LogP contribution in [-0.4, -0.2) is 18.4 Å². The van der Waals surface area contributed by atoms with Gasteiger partial charge < -0.3 is 9.32 Å². The monoisotopic (exact) mass is 682 g/mol. The number of hydrogen-bond donors (Lipinski definition) is 0. The summed E-state index contributed by atoms with van der Waals surface area (Å²) in [5, 5.41) is 6.86. The topological polar surface area (TPSA) is 53.5 Å². The van der Waals surface area contributed by atoms with Gasteiger partial charge in [-0.2, -0.15) is 0 Å². The van der Waals surface area contributed by atoms with Crippen molar-refractivity contribution in [3.05, 3.63) is 199 Å². The second-order valence-corrected chi connectivity index (χ2v) is 12.9. The van der Waals surface area contributed by atoms with Crippen LogP contribution in [0.2, 0.25) is 0 Å². The van der Waals surface area contributed by atoms with E-state index in [1.165, 1.54) is 21.5 Å². The van der Waals surface area contributed by atoms with Crippen LogP contribution in [-0.2, 0) is 6.54 Å². The molecule has 1 aromatic heterocycles.